The second-order valence-electron chi connectivity index (χ2n) is 6.71. The maximum absolute atomic E-state index is 12.0. The molecule has 4 atom stereocenters. The number of nitrogens with one attached hydrogen (secondary N) is 1. The monoisotopic (exact) mass is 419 g/mol. The highest BCUT2D eigenvalue weighted by Crippen LogP contribution is 2.34. The summed E-state index contributed by atoms with van der Waals surface area (Å²) in [5.74, 6) is -0.628. The molecule has 4 rings (SSSR count). The number of hydrogen-bond acceptors (Lipinski definition) is 10. The van der Waals surface area contributed by atoms with E-state index in [0.717, 1.165) is 0 Å². The van der Waals surface area contributed by atoms with Gasteiger partial charge in [-0.1, -0.05) is 0 Å². The van der Waals surface area contributed by atoms with Gasteiger partial charge < -0.3 is 33.4 Å². The molecule has 0 bridgehead atoms. The van der Waals surface area contributed by atoms with E-state index in [-0.39, 0.29) is 23.6 Å². The van der Waals surface area contributed by atoms with Crippen molar-refractivity contribution < 1.29 is 42.5 Å². The molecule has 2 saturated heterocycles. The molecule has 1 N–H and O–H groups in total. The van der Waals surface area contributed by atoms with Crippen LogP contribution in [0, 0.1) is 0 Å². The van der Waals surface area contributed by atoms with Crippen molar-refractivity contribution in [2.45, 2.75) is 38.4 Å². The van der Waals surface area contributed by atoms with Crippen LogP contribution in [0.5, 0.6) is 5.75 Å². The molecular formula is C19H17NO10. The third-order valence-corrected chi connectivity index (χ3v) is 4.45. The van der Waals surface area contributed by atoms with Gasteiger partial charge in [-0.15, -0.1) is 0 Å². The van der Waals surface area contributed by atoms with Gasteiger partial charge in [0.2, 0.25) is 18.3 Å². The van der Waals surface area contributed by atoms with Crippen LogP contribution >= 0.6 is 0 Å². The fraction of sp³-hybridized carbons (Fsp3) is 0.368. The Balaban J connectivity index is 1.54. The van der Waals surface area contributed by atoms with Crippen molar-refractivity contribution in [1.29, 1.82) is 0 Å². The summed E-state index contributed by atoms with van der Waals surface area (Å²) >= 11 is 0. The molecule has 11 heteroatoms. The molecule has 2 unspecified atom stereocenters. The molecule has 1 aromatic heterocycles. The Morgan fingerprint density at radius 3 is 2.60 bits per heavy atom. The summed E-state index contributed by atoms with van der Waals surface area (Å²) < 4.78 is 31.8. The number of benzene rings is 1. The molecule has 30 heavy (non-hydrogen) atoms. The van der Waals surface area contributed by atoms with E-state index >= 15 is 0 Å². The average Bonchev–Trinajstić information content (AvgIpc) is 3.19. The first-order valence-electron chi connectivity index (χ1n) is 8.98. The van der Waals surface area contributed by atoms with Crippen LogP contribution in [0.25, 0.3) is 11.0 Å². The van der Waals surface area contributed by atoms with Crippen molar-refractivity contribution in [2.75, 3.05) is 11.9 Å². The van der Waals surface area contributed by atoms with Gasteiger partial charge in [0.05, 0.1) is 0 Å². The molecule has 1 aromatic carbocycles. The van der Waals surface area contributed by atoms with Crippen molar-refractivity contribution in [3.8, 4) is 5.75 Å². The van der Waals surface area contributed by atoms with Crippen LogP contribution in [0.1, 0.15) is 13.8 Å². The quantitative estimate of drug-likeness (QED) is 0.557. The molecule has 11 nitrogen and oxygen atoms in total. The number of esters is 1. The summed E-state index contributed by atoms with van der Waals surface area (Å²) in [5, 5.41) is 2.95. The highest BCUT2D eigenvalue weighted by molar-refractivity contribution is 5.91. The van der Waals surface area contributed by atoms with E-state index < -0.39 is 48.3 Å². The van der Waals surface area contributed by atoms with Gasteiger partial charge in [0, 0.05) is 25.3 Å². The topological polar surface area (TPSA) is 140 Å². The van der Waals surface area contributed by atoms with Crippen molar-refractivity contribution in [3.63, 3.8) is 0 Å². The lowest BCUT2D eigenvalue weighted by molar-refractivity contribution is -0.154. The molecule has 0 saturated carbocycles. The first-order valence-corrected chi connectivity index (χ1v) is 8.98. The Bertz CT molecular complexity index is 1080. The fourth-order valence-corrected chi connectivity index (χ4v) is 3.21. The van der Waals surface area contributed by atoms with Gasteiger partial charge in [-0.25, -0.2) is 9.59 Å². The molecule has 0 aliphatic carbocycles. The number of carbonyl (C=O) groups excluding carboxylic acids is 3. The van der Waals surface area contributed by atoms with Crippen molar-refractivity contribution in [3.05, 3.63) is 34.7 Å². The first kappa shape index (κ1) is 19.7. The summed E-state index contributed by atoms with van der Waals surface area (Å²) in [6, 6.07) is 6.16. The Hall–Kier alpha value is -3.60. The van der Waals surface area contributed by atoms with Crippen LogP contribution in [0.4, 0.5) is 10.5 Å². The van der Waals surface area contributed by atoms with Crippen molar-refractivity contribution >= 4 is 34.7 Å². The summed E-state index contributed by atoms with van der Waals surface area (Å²) in [6.07, 6.45) is -4.30. The molecule has 0 spiro atoms. The number of carbonyl (C=O) groups is 3. The molecule has 2 aromatic rings. The van der Waals surface area contributed by atoms with Crippen LogP contribution in [-0.4, -0.2) is 49.2 Å². The second-order valence-corrected chi connectivity index (χ2v) is 6.71. The molecule has 2 aliphatic heterocycles. The Morgan fingerprint density at radius 2 is 1.87 bits per heavy atom. The van der Waals surface area contributed by atoms with Gasteiger partial charge in [-0.2, -0.15) is 0 Å². The summed E-state index contributed by atoms with van der Waals surface area (Å²) in [6.45, 7) is 2.40. The molecule has 3 heterocycles. The first-order chi connectivity index (χ1) is 14.3. The number of fused-ring (bicyclic) bond motifs is 2. The van der Waals surface area contributed by atoms with E-state index in [4.69, 9.17) is 28.1 Å². The molecular weight excluding hydrogens is 402 g/mol. The molecule has 0 radical (unpaired) electrons. The number of amides is 1. The number of hydrogen-bond donors (Lipinski definition) is 1. The number of rotatable bonds is 5. The zero-order valence-corrected chi connectivity index (χ0v) is 15.9. The zero-order chi connectivity index (χ0) is 21.4. The third-order valence-electron chi connectivity index (χ3n) is 4.45. The van der Waals surface area contributed by atoms with Crippen LogP contribution in [0.2, 0.25) is 0 Å². The highest BCUT2D eigenvalue weighted by Gasteiger charge is 2.56. The second kappa shape index (κ2) is 7.67. The van der Waals surface area contributed by atoms with Crippen LogP contribution in [-0.2, 0) is 28.5 Å². The van der Waals surface area contributed by atoms with Crippen molar-refractivity contribution in [1.82, 2.24) is 0 Å². The predicted molar refractivity (Wildman–Crippen MR) is 97.9 cm³/mol. The minimum atomic E-state index is -1.02. The van der Waals surface area contributed by atoms with Crippen molar-refractivity contribution in [2.24, 2.45) is 0 Å². The molecule has 2 aliphatic rings. The molecule has 2 fully saturated rings. The van der Waals surface area contributed by atoms with E-state index in [2.05, 4.69) is 5.32 Å². The van der Waals surface area contributed by atoms with Gasteiger partial charge in [-0.05, 0) is 18.2 Å². The Kier molecular flexibility index (Phi) is 5.04. The lowest BCUT2D eigenvalue weighted by atomic mass is 10.1. The fourth-order valence-electron chi connectivity index (χ4n) is 3.21. The number of ether oxygens (including phenoxy) is 5. The van der Waals surface area contributed by atoms with Crippen LogP contribution in [0.3, 0.4) is 0 Å². The number of anilines is 1. The van der Waals surface area contributed by atoms with E-state index in [1.807, 2.05) is 0 Å². The van der Waals surface area contributed by atoms with Gasteiger partial charge in [0.15, 0.2) is 6.10 Å². The summed E-state index contributed by atoms with van der Waals surface area (Å²) in [7, 11) is 0. The SMILES string of the molecule is CC(=O)Nc1cc2ccc(O[C@@H]3O[C@H](COC(C)=O)C4OC(=O)OC43)cc2oc1=O. The smallest absolute Gasteiger partial charge is 0.463 e. The minimum absolute atomic E-state index is 0.0222. The maximum atomic E-state index is 12.0. The Labute approximate surface area is 168 Å². The van der Waals surface area contributed by atoms with Crippen LogP contribution in [0.15, 0.2) is 33.5 Å². The standard InChI is InChI=1S/C19H17NO10/c1-8(21)20-12-5-10-3-4-11(6-13(10)27-17(12)23)26-18-16-15(29-19(24)30-16)14(28-18)7-25-9(2)22/h3-6,14-16,18H,7H2,1-2H3,(H,20,21)/t14-,15?,16?,18-/m1/s1. The summed E-state index contributed by atoms with van der Waals surface area (Å²) in [4.78, 5) is 45.8. The average molecular weight is 419 g/mol. The zero-order valence-electron chi connectivity index (χ0n) is 15.9. The van der Waals surface area contributed by atoms with Gasteiger partial charge in [0.25, 0.3) is 0 Å². The van der Waals surface area contributed by atoms with Gasteiger partial charge in [-0.3, -0.25) is 9.59 Å². The summed E-state index contributed by atoms with van der Waals surface area (Å²) in [5.41, 5.74) is -0.474. The highest BCUT2D eigenvalue weighted by atomic mass is 16.8. The third kappa shape index (κ3) is 3.92. The Morgan fingerprint density at radius 1 is 1.10 bits per heavy atom. The minimum Gasteiger partial charge on any atom is -0.463 e. The largest absolute Gasteiger partial charge is 0.509 e. The molecule has 158 valence electrons. The molecule has 1 amide bonds. The predicted octanol–water partition coefficient (Wildman–Crippen LogP) is 1.32. The van der Waals surface area contributed by atoms with E-state index in [1.165, 1.54) is 26.0 Å². The lowest BCUT2D eigenvalue weighted by Gasteiger charge is -2.18. The van der Waals surface area contributed by atoms with E-state index in [1.54, 1.807) is 12.1 Å². The lowest BCUT2D eigenvalue weighted by Crippen LogP contribution is -2.33. The van der Waals surface area contributed by atoms with E-state index in [9.17, 15) is 19.2 Å². The van der Waals surface area contributed by atoms with Crippen LogP contribution < -0.4 is 15.7 Å². The van der Waals surface area contributed by atoms with E-state index in [0.29, 0.717) is 5.39 Å². The van der Waals surface area contributed by atoms with Gasteiger partial charge in [0.1, 0.15) is 29.7 Å². The van der Waals surface area contributed by atoms with Gasteiger partial charge >= 0.3 is 17.8 Å². The normalized spacial score (nSPS) is 24.7. The maximum Gasteiger partial charge on any atom is 0.509 e.